The smallest absolute Gasteiger partial charge is 0.318 e. The Kier molecular flexibility index (Phi) is 7.39. The van der Waals surface area contributed by atoms with Gasteiger partial charge in [0.2, 0.25) is 5.75 Å². The van der Waals surface area contributed by atoms with Crippen LogP contribution >= 0.6 is 11.6 Å². The molecule has 0 saturated carbocycles. The quantitative estimate of drug-likeness (QED) is 0.268. The molecule has 0 aromatic heterocycles. The van der Waals surface area contributed by atoms with Gasteiger partial charge >= 0.3 is 5.69 Å². The first kappa shape index (κ1) is 24.1. The highest BCUT2D eigenvalue weighted by atomic mass is 35.5. The number of nitrogens with zero attached hydrogens (tertiary/aromatic N) is 3. The molecule has 0 atom stereocenters. The number of carbonyl (C=O) groups is 1. The van der Waals surface area contributed by atoms with Gasteiger partial charge in [-0.1, -0.05) is 17.7 Å². The lowest BCUT2D eigenvalue weighted by Gasteiger charge is -2.11. The highest BCUT2D eigenvalue weighted by Crippen LogP contribution is 2.38. The predicted molar refractivity (Wildman–Crippen MR) is 124 cm³/mol. The summed E-state index contributed by atoms with van der Waals surface area (Å²) in [6.45, 7) is 1.85. The lowest BCUT2D eigenvalue weighted by molar-refractivity contribution is -0.394. The lowest BCUT2D eigenvalue weighted by Crippen LogP contribution is -2.18. The number of halogens is 1. The zero-order valence-corrected chi connectivity index (χ0v) is 18.6. The van der Waals surface area contributed by atoms with Crippen molar-refractivity contribution in [1.82, 2.24) is 5.43 Å². The molecule has 0 saturated heterocycles. The van der Waals surface area contributed by atoms with Crippen molar-refractivity contribution in [3.63, 3.8) is 0 Å². The summed E-state index contributed by atoms with van der Waals surface area (Å²) < 4.78 is 10.9. The molecule has 174 valence electrons. The van der Waals surface area contributed by atoms with E-state index in [0.29, 0.717) is 10.6 Å². The Balaban J connectivity index is 1.78. The number of nitro groups is 2. The summed E-state index contributed by atoms with van der Waals surface area (Å²) >= 11 is 6.08. The maximum Gasteiger partial charge on any atom is 0.318 e. The van der Waals surface area contributed by atoms with Crippen LogP contribution in [0.2, 0.25) is 5.02 Å². The Morgan fingerprint density at radius 1 is 1.00 bits per heavy atom. The van der Waals surface area contributed by atoms with Gasteiger partial charge in [-0.15, -0.1) is 0 Å². The van der Waals surface area contributed by atoms with E-state index >= 15 is 0 Å². The Labute approximate surface area is 197 Å². The van der Waals surface area contributed by atoms with Crippen LogP contribution in [0.25, 0.3) is 0 Å². The molecule has 3 aromatic rings. The molecule has 0 spiro atoms. The number of carbonyl (C=O) groups excluding carboxylic acids is 1. The average Bonchev–Trinajstić information content (AvgIpc) is 2.79. The number of aryl methyl sites for hydroxylation is 1. The average molecular weight is 485 g/mol. The summed E-state index contributed by atoms with van der Waals surface area (Å²) in [6.07, 6.45) is 1.36. The fraction of sp³-hybridized carbons (Fsp3) is 0.0909. The highest BCUT2D eigenvalue weighted by Gasteiger charge is 2.22. The largest absolute Gasteiger partial charge is 0.493 e. The molecular formula is C22H17ClN4O7. The molecule has 0 heterocycles. The molecule has 0 unspecified atom stereocenters. The molecule has 0 radical (unpaired) electrons. The molecule has 0 aliphatic heterocycles. The molecular weight excluding hydrogens is 468 g/mol. The summed E-state index contributed by atoms with van der Waals surface area (Å²) in [4.78, 5) is 33.0. The molecule has 0 bridgehead atoms. The van der Waals surface area contributed by atoms with E-state index in [0.717, 1.165) is 23.8 Å². The van der Waals surface area contributed by atoms with Gasteiger partial charge in [0.25, 0.3) is 11.6 Å². The number of methoxy groups -OCH3 is 1. The van der Waals surface area contributed by atoms with Gasteiger partial charge in [0.1, 0.15) is 0 Å². The van der Waals surface area contributed by atoms with Crippen LogP contribution in [-0.4, -0.2) is 29.1 Å². The van der Waals surface area contributed by atoms with E-state index < -0.39 is 27.1 Å². The first-order chi connectivity index (χ1) is 16.2. The van der Waals surface area contributed by atoms with Crippen molar-refractivity contribution in [2.45, 2.75) is 6.92 Å². The van der Waals surface area contributed by atoms with Crippen molar-refractivity contribution < 1.29 is 24.1 Å². The number of hydrogen-bond acceptors (Lipinski definition) is 8. The number of non-ortho nitro benzene ring substituents is 1. The third-order valence-electron chi connectivity index (χ3n) is 4.51. The number of benzene rings is 3. The van der Waals surface area contributed by atoms with Crippen LogP contribution in [0.1, 0.15) is 21.5 Å². The number of amides is 1. The first-order valence-electron chi connectivity index (χ1n) is 9.58. The number of nitro benzene ring substituents is 2. The Morgan fingerprint density at radius 2 is 1.74 bits per heavy atom. The van der Waals surface area contributed by atoms with E-state index in [1.165, 1.54) is 25.5 Å². The molecule has 0 aliphatic carbocycles. The van der Waals surface area contributed by atoms with E-state index in [1.54, 1.807) is 24.3 Å². The number of rotatable bonds is 8. The molecule has 3 aromatic carbocycles. The normalized spacial score (nSPS) is 10.7. The van der Waals surface area contributed by atoms with Gasteiger partial charge in [0.15, 0.2) is 11.5 Å². The first-order valence-corrected chi connectivity index (χ1v) is 9.95. The van der Waals surface area contributed by atoms with Crippen LogP contribution in [0, 0.1) is 27.2 Å². The number of hydrogen-bond donors (Lipinski definition) is 1. The fourth-order valence-corrected chi connectivity index (χ4v) is 3.17. The molecule has 1 amide bonds. The van der Waals surface area contributed by atoms with E-state index in [-0.39, 0.29) is 22.8 Å². The molecule has 1 N–H and O–H groups in total. The minimum Gasteiger partial charge on any atom is -0.493 e. The molecule has 11 nitrogen and oxygen atoms in total. The van der Waals surface area contributed by atoms with E-state index in [4.69, 9.17) is 21.1 Å². The van der Waals surface area contributed by atoms with Gasteiger partial charge in [0, 0.05) is 6.07 Å². The number of nitrogens with one attached hydrogen (secondary N) is 1. The van der Waals surface area contributed by atoms with Crippen molar-refractivity contribution in [1.29, 1.82) is 0 Å². The molecule has 0 fully saturated rings. The van der Waals surface area contributed by atoms with Gasteiger partial charge in [-0.25, -0.2) is 5.43 Å². The monoisotopic (exact) mass is 484 g/mol. The van der Waals surface area contributed by atoms with Crippen LogP contribution in [0.4, 0.5) is 11.4 Å². The predicted octanol–water partition coefficient (Wildman–Crippen LogP) is 5.03. The topological polar surface area (TPSA) is 146 Å². The molecule has 34 heavy (non-hydrogen) atoms. The maximum atomic E-state index is 12.2. The fourth-order valence-electron chi connectivity index (χ4n) is 2.85. The van der Waals surface area contributed by atoms with Crippen LogP contribution in [0.3, 0.4) is 0 Å². The zero-order valence-electron chi connectivity index (χ0n) is 17.9. The van der Waals surface area contributed by atoms with E-state index in [2.05, 4.69) is 10.5 Å². The van der Waals surface area contributed by atoms with Crippen molar-refractivity contribution in [2.24, 2.45) is 5.10 Å². The third kappa shape index (κ3) is 5.64. The minimum atomic E-state index is -0.779. The number of ether oxygens (including phenoxy) is 2. The third-order valence-corrected chi connectivity index (χ3v) is 4.82. The Hall–Kier alpha value is -4.51. The second-order valence-corrected chi connectivity index (χ2v) is 7.27. The van der Waals surface area contributed by atoms with Gasteiger partial charge in [0.05, 0.1) is 39.8 Å². The van der Waals surface area contributed by atoms with Crippen molar-refractivity contribution in [3.05, 3.63) is 96.5 Å². The highest BCUT2D eigenvalue weighted by molar-refractivity contribution is 6.33. The van der Waals surface area contributed by atoms with Gasteiger partial charge in [-0.05, 0) is 54.4 Å². The summed E-state index contributed by atoms with van der Waals surface area (Å²) in [6, 6.07) is 12.6. The lowest BCUT2D eigenvalue weighted by atomic mass is 10.1. The zero-order chi connectivity index (χ0) is 24.8. The summed E-state index contributed by atoms with van der Waals surface area (Å²) in [7, 11) is 1.37. The Morgan fingerprint density at radius 3 is 2.38 bits per heavy atom. The van der Waals surface area contributed by atoms with Gasteiger partial charge in [-0.2, -0.15) is 5.10 Å². The van der Waals surface area contributed by atoms with Gasteiger partial charge < -0.3 is 9.47 Å². The standard InChI is InChI=1S/C22H17ClN4O7/c1-13-3-6-16(17(23)9-13)22(28)25-24-12-14-4-7-20(21(10-14)33-2)34-19-8-5-15(26(29)30)11-18(19)27(31)32/h3-12H,1-2H3,(H,25,28)/b24-12+. The van der Waals surface area contributed by atoms with Crippen molar-refractivity contribution >= 4 is 35.1 Å². The minimum absolute atomic E-state index is 0.132. The van der Waals surface area contributed by atoms with Crippen molar-refractivity contribution in [3.8, 4) is 17.2 Å². The SMILES string of the molecule is COc1cc(/C=N/NC(=O)c2ccc(C)cc2Cl)ccc1Oc1ccc([N+](=O)[O-])cc1[N+](=O)[O-]. The van der Waals surface area contributed by atoms with Crippen LogP contribution in [0.15, 0.2) is 59.7 Å². The van der Waals surface area contributed by atoms with Crippen LogP contribution in [-0.2, 0) is 0 Å². The number of hydrazone groups is 1. The second kappa shape index (κ2) is 10.4. The van der Waals surface area contributed by atoms with Crippen molar-refractivity contribution in [2.75, 3.05) is 7.11 Å². The summed E-state index contributed by atoms with van der Waals surface area (Å²) in [5.74, 6) is -0.340. The molecule has 12 heteroatoms. The Bertz CT molecular complexity index is 1310. The van der Waals surface area contributed by atoms with E-state index in [1.807, 2.05) is 6.92 Å². The molecule has 0 aliphatic rings. The van der Waals surface area contributed by atoms with E-state index in [9.17, 15) is 25.0 Å². The van der Waals surface area contributed by atoms with Gasteiger partial charge in [-0.3, -0.25) is 25.0 Å². The summed E-state index contributed by atoms with van der Waals surface area (Å²) in [5, 5.41) is 26.4. The molecule has 3 rings (SSSR count). The second-order valence-electron chi connectivity index (χ2n) is 6.86. The van der Waals surface area contributed by atoms with Crippen LogP contribution in [0.5, 0.6) is 17.2 Å². The van der Waals surface area contributed by atoms with Crippen LogP contribution < -0.4 is 14.9 Å². The summed E-state index contributed by atoms with van der Waals surface area (Å²) in [5.41, 5.74) is 3.08. The maximum absolute atomic E-state index is 12.2.